The molecular weight excluding hydrogens is 470 g/mol. The fraction of sp³-hybridized carbons (Fsp3) is 0.267. The van der Waals surface area contributed by atoms with Crippen LogP contribution < -0.4 is 9.47 Å². The average molecular weight is 502 g/mol. The zero-order valence-electron chi connectivity index (χ0n) is 21.4. The van der Waals surface area contributed by atoms with Gasteiger partial charge in [-0.1, -0.05) is 63.2 Å². The molecule has 3 aromatic carbocycles. The van der Waals surface area contributed by atoms with Crippen LogP contribution in [0, 0.1) is 6.92 Å². The maximum atomic E-state index is 11.4. The second kappa shape index (κ2) is 10.4. The Hall–Kier alpha value is -4.26. The normalized spacial score (nSPS) is 11.5. The number of hydrogen-bond donors (Lipinski definition) is 3. The van der Waals surface area contributed by atoms with Gasteiger partial charge < -0.3 is 24.7 Å². The van der Waals surface area contributed by atoms with Crippen molar-refractivity contribution in [1.29, 1.82) is 0 Å². The molecule has 192 valence electrons. The number of aromatic carboxylic acids is 1. The van der Waals surface area contributed by atoms with E-state index in [-0.39, 0.29) is 16.9 Å². The minimum atomic E-state index is -1.40. The molecule has 0 aliphatic carbocycles. The monoisotopic (exact) mass is 501 g/mol. The van der Waals surface area contributed by atoms with E-state index >= 15 is 0 Å². The zero-order chi connectivity index (χ0) is 26.7. The molecule has 0 saturated carbocycles. The standard InChI is InChI=1S/C30H31NO6/c1-18-17-19(28(32)33)14-15-20(18)21-9-7-10-22-23(27(31-26(21)22)37-29(34)35)11-8-16-36-25-13-6-5-12-24(25)30(2,3)4/h5-7,9-10,12-15,17,31H,8,11,16H2,1-4H3,(H,32,33)(H,34,35). The molecule has 0 bridgehead atoms. The molecule has 0 radical (unpaired) electrons. The minimum Gasteiger partial charge on any atom is -0.493 e. The molecule has 0 aliphatic heterocycles. The van der Waals surface area contributed by atoms with Gasteiger partial charge in [0, 0.05) is 16.5 Å². The lowest BCUT2D eigenvalue weighted by molar-refractivity contribution is 0.0696. The van der Waals surface area contributed by atoms with Crippen LogP contribution in [0.4, 0.5) is 4.79 Å². The highest BCUT2D eigenvalue weighted by Gasteiger charge is 2.20. The number of carbonyl (C=O) groups is 2. The van der Waals surface area contributed by atoms with Crippen molar-refractivity contribution in [2.24, 2.45) is 0 Å². The fourth-order valence-corrected chi connectivity index (χ4v) is 4.64. The van der Waals surface area contributed by atoms with Gasteiger partial charge in [-0.2, -0.15) is 0 Å². The molecule has 3 N–H and O–H groups in total. The number of aromatic amines is 1. The number of rotatable bonds is 8. The van der Waals surface area contributed by atoms with Gasteiger partial charge in [0.2, 0.25) is 5.88 Å². The van der Waals surface area contributed by atoms with Crippen LogP contribution in [0.5, 0.6) is 11.6 Å². The highest BCUT2D eigenvalue weighted by atomic mass is 16.7. The van der Waals surface area contributed by atoms with Gasteiger partial charge >= 0.3 is 12.1 Å². The summed E-state index contributed by atoms with van der Waals surface area (Å²) in [6.45, 7) is 8.75. The van der Waals surface area contributed by atoms with Gasteiger partial charge in [0.05, 0.1) is 17.7 Å². The average Bonchev–Trinajstić information content (AvgIpc) is 3.18. The van der Waals surface area contributed by atoms with E-state index in [1.165, 1.54) is 0 Å². The van der Waals surface area contributed by atoms with Crippen LogP contribution >= 0.6 is 0 Å². The lowest BCUT2D eigenvalue weighted by Crippen LogP contribution is -2.14. The summed E-state index contributed by atoms with van der Waals surface area (Å²) in [7, 11) is 0. The van der Waals surface area contributed by atoms with E-state index in [1.807, 2.05) is 43.3 Å². The molecule has 4 aromatic rings. The summed E-state index contributed by atoms with van der Waals surface area (Å²) in [4.78, 5) is 25.9. The Balaban J connectivity index is 1.63. The van der Waals surface area contributed by atoms with Crippen molar-refractivity contribution in [2.75, 3.05) is 6.61 Å². The molecular formula is C30H31NO6. The van der Waals surface area contributed by atoms with Crippen molar-refractivity contribution in [3.05, 3.63) is 82.9 Å². The molecule has 0 amide bonds. The Morgan fingerprint density at radius 2 is 1.70 bits per heavy atom. The third-order valence-electron chi connectivity index (χ3n) is 6.38. The van der Waals surface area contributed by atoms with Crippen molar-refractivity contribution in [3.63, 3.8) is 0 Å². The van der Waals surface area contributed by atoms with Crippen LogP contribution in [-0.2, 0) is 11.8 Å². The van der Waals surface area contributed by atoms with Gasteiger partial charge in [0.25, 0.3) is 0 Å². The van der Waals surface area contributed by atoms with Crippen molar-refractivity contribution >= 4 is 23.0 Å². The predicted octanol–water partition coefficient (Wildman–Crippen LogP) is 7.21. The molecule has 0 atom stereocenters. The first kappa shape index (κ1) is 25.8. The van der Waals surface area contributed by atoms with E-state index in [9.17, 15) is 19.8 Å². The molecule has 7 nitrogen and oxygen atoms in total. The molecule has 1 aromatic heterocycles. The van der Waals surface area contributed by atoms with Crippen molar-refractivity contribution in [3.8, 4) is 22.8 Å². The number of ether oxygens (including phenoxy) is 2. The topological polar surface area (TPSA) is 109 Å². The number of fused-ring (bicyclic) bond motifs is 1. The summed E-state index contributed by atoms with van der Waals surface area (Å²) in [5, 5.41) is 19.5. The van der Waals surface area contributed by atoms with Crippen LogP contribution in [0.15, 0.2) is 60.7 Å². The Labute approximate surface area is 215 Å². The van der Waals surface area contributed by atoms with Gasteiger partial charge in [-0.15, -0.1) is 0 Å². The molecule has 0 aliphatic rings. The Kier molecular flexibility index (Phi) is 7.25. The van der Waals surface area contributed by atoms with Gasteiger partial charge in [-0.25, -0.2) is 9.59 Å². The predicted molar refractivity (Wildman–Crippen MR) is 143 cm³/mol. The summed E-state index contributed by atoms with van der Waals surface area (Å²) in [5.74, 6) is 0.0443. The van der Waals surface area contributed by atoms with Crippen molar-refractivity contribution < 1.29 is 29.3 Å². The molecule has 37 heavy (non-hydrogen) atoms. The van der Waals surface area contributed by atoms with Crippen LogP contribution in [-0.4, -0.2) is 33.9 Å². The van der Waals surface area contributed by atoms with E-state index in [4.69, 9.17) is 9.47 Å². The van der Waals surface area contributed by atoms with Gasteiger partial charge in [-0.3, -0.25) is 0 Å². The Morgan fingerprint density at radius 3 is 2.38 bits per heavy atom. The molecule has 1 heterocycles. The van der Waals surface area contributed by atoms with Crippen LogP contribution in [0.1, 0.15) is 54.2 Å². The van der Waals surface area contributed by atoms with Crippen LogP contribution in [0.2, 0.25) is 0 Å². The first-order valence-electron chi connectivity index (χ1n) is 12.2. The second-order valence-electron chi connectivity index (χ2n) is 10.1. The summed E-state index contributed by atoms with van der Waals surface area (Å²) in [6.07, 6.45) is -0.203. The number of benzene rings is 3. The van der Waals surface area contributed by atoms with Crippen molar-refractivity contribution in [1.82, 2.24) is 4.98 Å². The maximum absolute atomic E-state index is 11.4. The summed E-state index contributed by atoms with van der Waals surface area (Å²) in [5.41, 5.74) is 5.28. The van der Waals surface area contributed by atoms with Crippen LogP contribution in [0.3, 0.4) is 0 Å². The minimum absolute atomic E-state index is 0.0485. The number of aromatic nitrogens is 1. The number of hydrogen-bond acceptors (Lipinski definition) is 4. The van der Waals surface area contributed by atoms with Gasteiger partial charge in [0.15, 0.2) is 0 Å². The quantitative estimate of drug-likeness (QED) is 0.174. The molecule has 4 rings (SSSR count). The number of carboxylic acids is 1. The third-order valence-corrected chi connectivity index (χ3v) is 6.38. The fourth-order valence-electron chi connectivity index (χ4n) is 4.64. The Morgan fingerprint density at radius 1 is 0.946 bits per heavy atom. The maximum Gasteiger partial charge on any atom is 0.512 e. The van der Waals surface area contributed by atoms with E-state index in [0.717, 1.165) is 44.5 Å². The lowest BCUT2D eigenvalue weighted by atomic mass is 9.86. The second-order valence-corrected chi connectivity index (χ2v) is 10.1. The number of carboxylic acid groups (broad SMARTS) is 2. The highest BCUT2D eigenvalue weighted by molar-refractivity contribution is 5.99. The first-order valence-corrected chi connectivity index (χ1v) is 12.2. The molecule has 0 unspecified atom stereocenters. The van der Waals surface area contributed by atoms with E-state index in [2.05, 4.69) is 31.8 Å². The summed E-state index contributed by atoms with van der Waals surface area (Å²) in [6, 6.07) is 18.7. The largest absolute Gasteiger partial charge is 0.512 e. The summed E-state index contributed by atoms with van der Waals surface area (Å²) >= 11 is 0. The Bertz CT molecular complexity index is 1460. The van der Waals surface area contributed by atoms with Crippen LogP contribution in [0.25, 0.3) is 22.0 Å². The first-order chi connectivity index (χ1) is 17.6. The number of H-pyrrole nitrogens is 1. The third kappa shape index (κ3) is 5.61. The summed E-state index contributed by atoms with van der Waals surface area (Å²) < 4.78 is 11.2. The number of aryl methyl sites for hydroxylation is 2. The van der Waals surface area contributed by atoms with E-state index < -0.39 is 12.1 Å². The smallest absolute Gasteiger partial charge is 0.493 e. The van der Waals surface area contributed by atoms with Gasteiger partial charge in [-0.05, 0) is 60.1 Å². The van der Waals surface area contributed by atoms with Gasteiger partial charge in [0.1, 0.15) is 5.75 Å². The molecule has 0 fully saturated rings. The zero-order valence-corrected chi connectivity index (χ0v) is 21.4. The molecule has 0 spiro atoms. The van der Waals surface area contributed by atoms with E-state index in [0.29, 0.717) is 19.4 Å². The van der Waals surface area contributed by atoms with Crippen molar-refractivity contribution in [2.45, 2.75) is 46.0 Å². The number of para-hydroxylation sites is 2. The highest BCUT2D eigenvalue weighted by Crippen LogP contribution is 2.37. The SMILES string of the molecule is Cc1cc(C(=O)O)ccc1-c1cccc2c(CCCOc3ccccc3C(C)(C)C)c(OC(=O)O)[nH]c12. The molecule has 7 heteroatoms. The number of nitrogens with one attached hydrogen (secondary N) is 1. The molecule has 0 saturated heterocycles. The lowest BCUT2D eigenvalue weighted by Gasteiger charge is -2.22. The van der Waals surface area contributed by atoms with E-state index in [1.54, 1.807) is 18.2 Å².